The first-order chi connectivity index (χ1) is 18.6. The predicted molar refractivity (Wildman–Crippen MR) is 148 cm³/mol. The van der Waals surface area contributed by atoms with Crippen molar-refractivity contribution in [2.45, 2.75) is 11.8 Å². The largest absolute Gasteiger partial charge is 0.327 e. The maximum absolute atomic E-state index is 6.44. The lowest BCUT2D eigenvalue weighted by Gasteiger charge is -2.41. The minimum absolute atomic E-state index is 0.517. The molecule has 4 bridgehead atoms. The highest BCUT2D eigenvalue weighted by Gasteiger charge is 2.46. The average Bonchev–Trinajstić information content (AvgIpc) is 3.68. The summed E-state index contributed by atoms with van der Waals surface area (Å²) in [4.78, 5) is 4.23. The molecule has 2 spiro atoms. The molecule has 3 aliphatic heterocycles. The first-order valence-corrected chi connectivity index (χ1v) is 13.1. The molecule has 6 nitrogen and oxygen atoms in total. The SMILES string of the molecule is CN1c2ccccc2-c2cccc(c2)C2(OCCO2)N(C)c2ccccc2-c2cccc(c2)C12OCCO2. The molecule has 7 rings (SSSR count). The van der Waals surface area contributed by atoms with Gasteiger partial charge in [0.05, 0.1) is 26.4 Å². The molecular formula is C32H30N2O4. The van der Waals surface area contributed by atoms with Crippen LogP contribution in [0.25, 0.3) is 22.3 Å². The van der Waals surface area contributed by atoms with Crippen molar-refractivity contribution in [3.8, 4) is 22.3 Å². The second-order valence-corrected chi connectivity index (χ2v) is 9.87. The van der Waals surface area contributed by atoms with Crippen LogP contribution in [0.2, 0.25) is 0 Å². The highest BCUT2D eigenvalue weighted by atomic mass is 16.8. The van der Waals surface area contributed by atoms with E-state index >= 15 is 0 Å². The van der Waals surface area contributed by atoms with Crippen molar-refractivity contribution >= 4 is 11.4 Å². The lowest BCUT2D eigenvalue weighted by atomic mass is 9.95. The summed E-state index contributed by atoms with van der Waals surface area (Å²) in [6.07, 6.45) is 0. The summed E-state index contributed by atoms with van der Waals surface area (Å²) in [5.74, 6) is -2.10. The van der Waals surface area contributed by atoms with Gasteiger partial charge in [0.2, 0.25) is 0 Å². The molecule has 0 aliphatic carbocycles. The second kappa shape index (κ2) is 8.96. The lowest BCUT2D eigenvalue weighted by Crippen LogP contribution is -2.46. The summed E-state index contributed by atoms with van der Waals surface area (Å²) in [5, 5.41) is 0. The molecule has 3 heterocycles. The molecule has 3 aliphatic rings. The number of anilines is 2. The number of fused-ring (bicyclic) bond motifs is 10. The minimum atomic E-state index is -1.05. The van der Waals surface area contributed by atoms with Gasteiger partial charge in [-0.05, 0) is 35.4 Å². The van der Waals surface area contributed by atoms with Gasteiger partial charge in [0.25, 0.3) is 11.8 Å². The quantitative estimate of drug-likeness (QED) is 0.295. The fraction of sp³-hybridized carbons (Fsp3) is 0.250. The first-order valence-electron chi connectivity index (χ1n) is 13.1. The van der Waals surface area contributed by atoms with Crippen LogP contribution in [0.4, 0.5) is 11.4 Å². The summed E-state index contributed by atoms with van der Waals surface area (Å²) < 4.78 is 25.8. The molecule has 0 aromatic heterocycles. The topological polar surface area (TPSA) is 43.4 Å². The number of nitrogens with zero attached hydrogens (tertiary/aromatic N) is 2. The van der Waals surface area contributed by atoms with Crippen molar-refractivity contribution in [2.75, 3.05) is 50.3 Å². The van der Waals surface area contributed by atoms with Gasteiger partial charge in [-0.3, -0.25) is 0 Å². The van der Waals surface area contributed by atoms with Gasteiger partial charge in [-0.25, -0.2) is 0 Å². The number of hydrogen-bond acceptors (Lipinski definition) is 6. The fourth-order valence-electron chi connectivity index (χ4n) is 6.02. The second-order valence-electron chi connectivity index (χ2n) is 9.87. The summed E-state index contributed by atoms with van der Waals surface area (Å²) in [5.41, 5.74) is 8.15. The number of benzene rings is 4. The number of rotatable bonds is 0. The van der Waals surface area contributed by atoms with Crippen LogP contribution in [0.15, 0.2) is 97.1 Å². The van der Waals surface area contributed by atoms with Crippen molar-refractivity contribution in [2.24, 2.45) is 0 Å². The van der Waals surface area contributed by atoms with Crippen LogP contribution in [-0.2, 0) is 30.8 Å². The van der Waals surface area contributed by atoms with Gasteiger partial charge in [0, 0.05) is 47.7 Å². The molecule has 0 saturated carbocycles. The molecule has 0 N–H and O–H groups in total. The van der Waals surface area contributed by atoms with E-state index in [1.807, 2.05) is 14.1 Å². The molecule has 0 amide bonds. The molecule has 0 atom stereocenters. The monoisotopic (exact) mass is 506 g/mol. The maximum Gasteiger partial charge on any atom is 0.280 e. The van der Waals surface area contributed by atoms with E-state index in [0.717, 1.165) is 44.8 Å². The normalized spacial score (nSPS) is 19.3. The van der Waals surface area contributed by atoms with Gasteiger partial charge in [0.1, 0.15) is 0 Å². The minimum Gasteiger partial charge on any atom is -0.327 e. The van der Waals surface area contributed by atoms with Crippen LogP contribution in [0.3, 0.4) is 0 Å². The highest BCUT2D eigenvalue weighted by molar-refractivity contribution is 5.82. The molecule has 38 heavy (non-hydrogen) atoms. The fourth-order valence-corrected chi connectivity index (χ4v) is 6.02. The van der Waals surface area contributed by atoms with E-state index in [9.17, 15) is 0 Å². The highest BCUT2D eigenvalue weighted by Crippen LogP contribution is 2.46. The summed E-state index contributed by atoms with van der Waals surface area (Å²) in [7, 11) is 4.08. The average molecular weight is 507 g/mol. The Labute approximate surface area is 222 Å². The van der Waals surface area contributed by atoms with Gasteiger partial charge in [0.15, 0.2) is 0 Å². The van der Waals surface area contributed by atoms with E-state index in [0.29, 0.717) is 26.4 Å². The third kappa shape index (κ3) is 3.42. The van der Waals surface area contributed by atoms with E-state index < -0.39 is 11.8 Å². The van der Waals surface area contributed by atoms with E-state index in [1.54, 1.807) is 0 Å². The zero-order chi connectivity index (χ0) is 25.7. The van der Waals surface area contributed by atoms with Crippen LogP contribution in [0, 0.1) is 0 Å². The summed E-state index contributed by atoms with van der Waals surface area (Å²) in [6, 6.07) is 33.6. The number of ether oxygens (including phenoxy) is 4. The Bertz CT molecular complexity index is 1380. The number of para-hydroxylation sites is 2. The molecule has 4 aromatic rings. The van der Waals surface area contributed by atoms with Crippen molar-refractivity contribution in [1.82, 2.24) is 0 Å². The van der Waals surface area contributed by atoms with Gasteiger partial charge in [-0.1, -0.05) is 72.8 Å². The van der Waals surface area contributed by atoms with Gasteiger partial charge in [-0.15, -0.1) is 0 Å². The Morgan fingerprint density at radius 1 is 0.500 bits per heavy atom. The zero-order valence-corrected chi connectivity index (χ0v) is 21.6. The Kier molecular flexibility index (Phi) is 5.53. The van der Waals surface area contributed by atoms with Gasteiger partial charge in [-0.2, -0.15) is 0 Å². The van der Waals surface area contributed by atoms with Crippen LogP contribution >= 0.6 is 0 Å². The molecule has 2 saturated heterocycles. The van der Waals surface area contributed by atoms with E-state index in [1.165, 1.54) is 0 Å². The third-order valence-electron chi connectivity index (χ3n) is 7.85. The number of hydrogen-bond donors (Lipinski definition) is 0. The Morgan fingerprint density at radius 3 is 1.32 bits per heavy atom. The Balaban J connectivity index is 1.55. The first kappa shape index (κ1) is 23.4. The van der Waals surface area contributed by atoms with E-state index in [-0.39, 0.29) is 0 Å². The molecule has 0 radical (unpaired) electrons. The molecule has 0 unspecified atom stereocenters. The Morgan fingerprint density at radius 2 is 0.895 bits per heavy atom. The molecule has 6 heteroatoms. The molecule has 192 valence electrons. The van der Waals surface area contributed by atoms with E-state index in [2.05, 4.69) is 107 Å². The standard InChI is InChI=1S/C32H30N2O4/c1-33-29-15-5-3-13-27(29)23-9-8-12-26(22-23)32(37-19-20-38-32)34(2)30-16-6-4-14-28(30)24-10-7-11-25(21-24)31(33)35-17-18-36-31/h3-16,21-22H,17-20H2,1-2H3. The smallest absolute Gasteiger partial charge is 0.280 e. The maximum atomic E-state index is 6.44. The van der Waals surface area contributed by atoms with Crippen LogP contribution in [0.1, 0.15) is 11.1 Å². The van der Waals surface area contributed by atoms with Crippen molar-refractivity contribution in [1.29, 1.82) is 0 Å². The molecular weight excluding hydrogens is 476 g/mol. The van der Waals surface area contributed by atoms with Crippen LogP contribution < -0.4 is 9.80 Å². The summed E-state index contributed by atoms with van der Waals surface area (Å²) >= 11 is 0. The molecule has 2 fully saturated rings. The van der Waals surface area contributed by atoms with Crippen molar-refractivity contribution in [3.05, 3.63) is 108 Å². The predicted octanol–water partition coefficient (Wildman–Crippen LogP) is 5.92. The molecule has 4 aromatic carbocycles. The van der Waals surface area contributed by atoms with Gasteiger partial charge < -0.3 is 28.7 Å². The third-order valence-corrected chi connectivity index (χ3v) is 7.85. The van der Waals surface area contributed by atoms with Crippen LogP contribution in [-0.4, -0.2) is 40.5 Å². The zero-order valence-electron chi connectivity index (χ0n) is 21.6. The van der Waals surface area contributed by atoms with Gasteiger partial charge >= 0.3 is 0 Å². The summed E-state index contributed by atoms with van der Waals surface area (Å²) in [6.45, 7) is 2.07. The lowest BCUT2D eigenvalue weighted by molar-refractivity contribution is -0.163. The van der Waals surface area contributed by atoms with Crippen LogP contribution in [0.5, 0.6) is 0 Å². The Hall–Kier alpha value is -3.68. The van der Waals surface area contributed by atoms with E-state index in [4.69, 9.17) is 18.9 Å². The van der Waals surface area contributed by atoms with Crippen molar-refractivity contribution < 1.29 is 18.9 Å². The van der Waals surface area contributed by atoms with Crippen molar-refractivity contribution in [3.63, 3.8) is 0 Å².